The van der Waals surface area contributed by atoms with Gasteiger partial charge in [-0.15, -0.1) is 0 Å². The molecule has 1 aromatic rings. The van der Waals surface area contributed by atoms with E-state index in [4.69, 9.17) is 13.9 Å². The molecule has 1 aliphatic heterocycles. The summed E-state index contributed by atoms with van der Waals surface area (Å²) in [7, 11) is 0. The molecule has 108 valence electrons. The van der Waals surface area contributed by atoms with E-state index in [1.165, 1.54) is 5.56 Å². The fourth-order valence-corrected chi connectivity index (χ4v) is 2.17. The molecular formula is C15H25NO3. The van der Waals surface area contributed by atoms with Crippen molar-refractivity contribution in [1.29, 1.82) is 0 Å². The van der Waals surface area contributed by atoms with Crippen LogP contribution in [-0.4, -0.2) is 25.9 Å². The molecular weight excluding hydrogens is 242 g/mol. The van der Waals surface area contributed by atoms with Crippen LogP contribution in [0, 0.1) is 12.8 Å². The van der Waals surface area contributed by atoms with E-state index in [-0.39, 0.29) is 6.10 Å². The van der Waals surface area contributed by atoms with Crippen molar-refractivity contribution in [3.63, 3.8) is 0 Å². The molecule has 4 heteroatoms. The largest absolute Gasteiger partial charge is 0.464 e. The van der Waals surface area contributed by atoms with Gasteiger partial charge in [-0.2, -0.15) is 0 Å². The zero-order valence-corrected chi connectivity index (χ0v) is 12.2. The predicted molar refractivity (Wildman–Crippen MR) is 74.0 cm³/mol. The Morgan fingerprint density at radius 1 is 1.47 bits per heavy atom. The molecule has 1 N–H and O–H groups in total. The summed E-state index contributed by atoms with van der Waals surface area (Å²) in [5.41, 5.74) is 1.22. The summed E-state index contributed by atoms with van der Waals surface area (Å²) in [6.07, 6.45) is 1.22. The van der Waals surface area contributed by atoms with Crippen molar-refractivity contribution in [2.45, 2.75) is 46.4 Å². The summed E-state index contributed by atoms with van der Waals surface area (Å²) in [6.45, 7) is 10.4. The van der Waals surface area contributed by atoms with E-state index in [0.29, 0.717) is 19.1 Å². The van der Waals surface area contributed by atoms with Crippen LogP contribution in [-0.2, 0) is 22.6 Å². The van der Waals surface area contributed by atoms with Crippen molar-refractivity contribution < 1.29 is 13.9 Å². The first-order valence-electron chi connectivity index (χ1n) is 7.13. The summed E-state index contributed by atoms with van der Waals surface area (Å²) >= 11 is 0. The van der Waals surface area contributed by atoms with Crippen molar-refractivity contribution in [2.24, 2.45) is 5.92 Å². The number of hydrogen-bond acceptors (Lipinski definition) is 4. The highest BCUT2D eigenvalue weighted by atomic mass is 16.5. The maximum atomic E-state index is 5.76. The van der Waals surface area contributed by atoms with E-state index in [9.17, 15) is 0 Å². The highest BCUT2D eigenvalue weighted by molar-refractivity contribution is 5.20. The first kappa shape index (κ1) is 14.6. The molecule has 0 amide bonds. The summed E-state index contributed by atoms with van der Waals surface area (Å²) in [4.78, 5) is 0. The third kappa shape index (κ3) is 4.64. The van der Waals surface area contributed by atoms with Crippen molar-refractivity contribution in [3.8, 4) is 0 Å². The Labute approximate surface area is 115 Å². The van der Waals surface area contributed by atoms with Crippen LogP contribution < -0.4 is 5.32 Å². The number of nitrogens with one attached hydrogen (secondary N) is 1. The second-order valence-electron chi connectivity index (χ2n) is 5.62. The molecule has 0 radical (unpaired) electrons. The van der Waals surface area contributed by atoms with Crippen LogP contribution in [0.15, 0.2) is 10.5 Å². The van der Waals surface area contributed by atoms with Gasteiger partial charge in [0.25, 0.3) is 0 Å². The Kier molecular flexibility index (Phi) is 5.43. The minimum Gasteiger partial charge on any atom is -0.464 e. The lowest BCUT2D eigenvalue weighted by Crippen LogP contribution is -2.19. The van der Waals surface area contributed by atoms with Crippen molar-refractivity contribution >= 4 is 0 Å². The maximum absolute atomic E-state index is 5.76. The molecule has 0 aliphatic carbocycles. The molecule has 1 aromatic heterocycles. The van der Waals surface area contributed by atoms with Crippen LogP contribution in [0.4, 0.5) is 0 Å². The van der Waals surface area contributed by atoms with Gasteiger partial charge in [-0.3, -0.25) is 0 Å². The number of rotatable bonds is 7. The first-order chi connectivity index (χ1) is 9.15. The SMILES string of the molecule is Cc1oc(COC2CCOC2)cc1CNCC(C)C. The van der Waals surface area contributed by atoms with Gasteiger partial charge in [-0.05, 0) is 31.9 Å². The van der Waals surface area contributed by atoms with Crippen molar-refractivity contribution in [3.05, 3.63) is 23.2 Å². The monoisotopic (exact) mass is 267 g/mol. The van der Waals surface area contributed by atoms with Crippen LogP contribution in [0.5, 0.6) is 0 Å². The summed E-state index contributed by atoms with van der Waals surface area (Å²) in [6, 6.07) is 2.10. The molecule has 2 rings (SSSR count). The average molecular weight is 267 g/mol. The minimum absolute atomic E-state index is 0.230. The molecule has 0 saturated carbocycles. The maximum Gasteiger partial charge on any atom is 0.130 e. The second-order valence-corrected chi connectivity index (χ2v) is 5.62. The van der Waals surface area contributed by atoms with Gasteiger partial charge in [0.1, 0.15) is 18.1 Å². The predicted octanol–water partition coefficient (Wildman–Crippen LogP) is 2.64. The summed E-state index contributed by atoms with van der Waals surface area (Å²) in [5.74, 6) is 2.56. The number of furan rings is 1. The Hall–Kier alpha value is -0.840. The van der Waals surface area contributed by atoms with Gasteiger partial charge in [0, 0.05) is 18.7 Å². The molecule has 0 aromatic carbocycles. The number of hydrogen-bond donors (Lipinski definition) is 1. The van der Waals surface area contributed by atoms with Crippen LogP contribution in [0.1, 0.15) is 37.4 Å². The molecule has 0 spiro atoms. The van der Waals surface area contributed by atoms with Crippen LogP contribution >= 0.6 is 0 Å². The van der Waals surface area contributed by atoms with Crippen molar-refractivity contribution in [1.82, 2.24) is 5.32 Å². The molecule has 1 fully saturated rings. The molecule has 19 heavy (non-hydrogen) atoms. The third-order valence-corrected chi connectivity index (χ3v) is 3.29. The molecule has 1 atom stereocenters. The van der Waals surface area contributed by atoms with Gasteiger partial charge in [0.15, 0.2) is 0 Å². The average Bonchev–Trinajstić information content (AvgIpc) is 2.97. The van der Waals surface area contributed by atoms with Gasteiger partial charge < -0.3 is 19.2 Å². The van der Waals surface area contributed by atoms with Gasteiger partial charge in [-0.1, -0.05) is 13.8 Å². The summed E-state index contributed by atoms with van der Waals surface area (Å²) in [5, 5.41) is 3.43. The minimum atomic E-state index is 0.230. The Morgan fingerprint density at radius 2 is 2.32 bits per heavy atom. The van der Waals surface area contributed by atoms with E-state index in [0.717, 1.165) is 37.6 Å². The van der Waals surface area contributed by atoms with Gasteiger partial charge in [0.2, 0.25) is 0 Å². The quantitative estimate of drug-likeness (QED) is 0.825. The topological polar surface area (TPSA) is 43.6 Å². The van der Waals surface area contributed by atoms with Gasteiger partial charge in [-0.25, -0.2) is 0 Å². The fraction of sp³-hybridized carbons (Fsp3) is 0.733. The standard InChI is InChI=1S/C15H25NO3/c1-11(2)7-16-8-13-6-15(19-12(13)3)10-18-14-4-5-17-9-14/h6,11,14,16H,4-5,7-10H2,1-3H3. The van der Waals surface area contributed by atoms with Crippen LogP contribution in [0.25, 0.3) is 0 Å². The van der Waals surface area contributed by atoms with E-state index in [1.54, 1.807) is 0 Å². The van der Waals surface area contributed by atoms with E-state index < -0.39 is 0 Å². The Morgan fingerprint density at radius 3 is 3.00 bits per heavy atom. The molecule has 1 saturated heterocycles. The van der Waals surface area contributed by atoms with E-state index in [2.05, 4.69) is 25.2 Å². The third-order valence-electron chi connectivity index (χ3n) is 3.29. The zero-order valence-electron chi connectivity index (χ0n) is 12.2. The smallest absolute Gasteiger partial charge is 0.130 e. The molecule has 2 heterocycles. The van der Waals surface area contributed by atoms with Crippen LogP contribution in [0.2, 0.25) is 0 Å². The fourth-order valence-electron chi connectivity index (χ4n) is 2.17. The molecule has 0 bridgehead atoms. The van der Waals surface area contributed by atoms with Gasteiger partial charge >= 0.3 is 0 Å². The lowest BCUT2D eigenvalue weighted by Gasteiger charge is -2.07. The highest BCUT2D eigenvalue weighted by Crippen LogP contribution is 2.17. The molecule has 1 unspecified atom stereocenters. The molecule has 1 aliphatic rings. The second kappa shape index (κ2) is 7.08. The first-order valence-corrected chi connectivity index (χ1v) is 7.13. The van der Waals surface area contributed by atoms with Crippen LogP contribution in [0.3, 0.4) is 0 Å². The lowest BCUT2D eigenvalue weighted by atomic mass is 10.2. The lowest BCUT2D eigenvalue weighted by molar-refractivity contribution is 0.0232. The highest BCUT2D eigenvalue weighted by Gasteiger charge is 2.17. The van der Waals surface area contributed by atoms with E-state index >= 15 is 0 Å². The van der Waals surface area contributed by atoms with E-state index in [1.807, 2.05) is 6.92 Å². The Balaban J connectivity index is 1.78. The van der Waals surface area contributed by atoms with Crippen molar-refractivity contribution in [2.75, 3.05) is 19.8 Å². The summed E-state index contributed by atoms with van der Waals surface area (Å²) < 4.78 is 16.8. The van der Waals surface area contributed by atoms with Gasteiger partial charge in [0.05, 0.1) is 12.7 Å². The number of ether oxygens (including phenoxy) is 2. The number of aryl methyl sites for hydroxylation is 1. The molecule has 4 nitrogen and oxygen atoms in total. The Bertz CT molecular complexity index is 381. The normalized spacial score (nSPS) is 19.5. The zero-order chi connectivity index (χ0) is 13.7.